The zero-order valence-corrected chi connectivity index (χ0v) is 14.4. The van der Waals surface area contributed by atoms with Crippen molar-refractivity contribution < 1.29 is 14.3 Å². The minimum Gasteiger partial charge on any atom is -0.496 e. The smallest absolute Gasteiger partial charge is 0.227 e. The Hall–Kier alpha value is -2.05. The standard InChI is InChI=1S/C17H20ClN3O3/c1-23-13-9-14(17-19-5-6-20-17)21(10-13)16(22)8-11-7-12(18)3-4-15(11)24-2/h3-7,13-14H,8-10H2,1-2H3,(H,19,20)/t13-,14?/m1/s1. The Morgan fingerprint density at radius 3 is 2.96 bits per heavy atom. The van der Waals surface area contributed by atoms with Crippen LogP contribution in [0.4, 0.5) is 0 Å². The van der Waals surface area contributed by atoms with Crippen molar-refractivity contribution in [3.63, 3.8) is 0 Å². The zero-order valence-electron chi connectivity index (χ0n) is 13.7. The van der Waals surface area contributed by atoms with E-state index in [-0.39, 0.29) is 24.5 Å². The van der Waals surface area contributed by atoms with Gasteiger partial charge in [-0.1, -0.05) is 11.6 Å². The van der Waals surface area contributed by atoms with Crippen molar-refractivity contribution in [3.8, 4) is 5.75 Å². The number of methoxy groups -OCH3 is 2. The van der Waals surface area contributed by atoms with Crippen molar-refractivity contribution in [3.05, 3.63) is 47.0 Å². The van der Waals surface area contributed by atoms with Gasteiger partial charge in [-0.05, 0) is 18.2 Å². The quantitative estimate of drug-likeness (QED) is 0.901. The van der Waals surface area contributed by atoms with Crippen LogP contribution in [-0.4, -0.2) is 47.6 Å². The molecule has 1 saturated heterocycles. The van der Waals surface area contributed by atoms with Gasteiger partial charge in [0.2, 0.25) is 5.91 Å². The highest BCUT2D eigenvalue weighted by Gasteiger charge is 2.37. The molecule has 1 aromatic carbocycles. The number of benzene rings is 1. The maximum Gasteiger partial charge on any atom is 0.227 e. The minimum absolute atomic E-state index is 0.00323. The number of aromatic amines is 1. The van der Waals surface area contributed by atoms with Gasteiger partial charge in [0.25, 0.3) is 0 Å². The van der Waals surface area contributed by atoms with Crippen LogP contribution >= 0.6 is 11.6 Å². The molecule has 1 amide bonds. The molecule has 1 aliphatic heterocycles. The van der Waals surface area contributed by atoms with Crippen LogP contribution < -0.4 is 4.74 Å². The summed E-state index contributed by atoms with van der Waals surface area (Å²) in [6, 6.07) is 5.18. The summed E-state index contributed by atoms with van der Waals surface area (Å²) in [6.45, 7) is 0.545. The largest absolute Gasteiger partial charge is 0.496 e. The van der Waals surface area contributed by atoms with E-state index in [0.29, 0.717) is 17.3 Å². The van der Waals surface area contributed by atoms with Crippen LogP contribution in [0.25, 0.3) is 0 Å². The van der Waals surface area contributed by atoms with Crippen LogP contribution in [0.15, 0.2) is 30.6 Å². The molecule has 1 fully saturated rings. The Bertz CT molecular complexity index is 705. The third-order valence-corrected chi connectivity index (χ3v) is 4.57. The van der Waals surface area contributed by atoms with Crippen LogP contribution in [-0.2, 0) is 16.0 Å². The van der Waals surface area contributed by atoms with Gasteiger partial charge in [0.05, 0.1) is 25.7 Å². The lowest BCUT2D eigenvalue weighted by atomic mass is 10.1. The van der Waals surface area contributed by atoms with Crippen molar-refractivity contribution in [1.82, 2.24) is 14.9 Å². The van der Waals surface area contributed by atoms with E-state index >= 15 is 0 Å². The number of aromatic nitrogens is 2. The van der Waals surface area contributed by atoms with Gasteiger partial charge in [0, 0.05) is 43.1 Å². The van der Waals surface area contributed by atoms with Gasteiger partial charge >= 0.3 is 0 Å². The maximum absolute atomic E-state index is 12.9. The number of rotatable bonds is 5. The second-order valence-corrected chi connectivity index (χ2v) is 6.20. The first-order valence-electron chi connectivity index (χ1n) is 7.76. The number of carbonyl (C=O) groups is 1. The Balaban J connectivity index is 1.81. The Morgan fingerprint density at radius 1 is 1.46 bits per heavy atom. The van der Waals surface area contributed by atoms with Gasteiger partial charge in [-0.25, -0.2) is 4.98 Å². The monoisotopic (exact) mass is 349 g/mol. The molecule has 0 saturated carbocycles. The van der Waals surface area contributed by atoms with E-state index < -0.39 is 0 Å². The molecule has 0 aliphatic carbocycles. The van der Waals surface area contributed by atoms with Crippen molar-refractivity contribution in [1.29, 1.82) is 0 Å². The maximum atomic E-state index is 12.9. The number of nitrogens with one attached hydrogen (secondary N) is 1. The molecular formula is C17H20ClN3O3. The number of likely N-dealkylation sites (tertiary alicyclic amines) is 1. The normalized spacial score (nSPS) is 20.4. The van der Waals surface area contributed by atoms with E-state index in [1.165, 1.54) is 0 Å². The molecule has 1 aliphatic rings. The van der Waals surface area contributed by atoms with E-state index in [1.54, 1.807) is 44.8 Å². The highest BCUT2D eigenvalue weighted by molar-refractivity contribution is 6.30. The number of H-pyrrole nitrogens is 1. The van der Waals surface area contributed by atoms with Gasteiger partial charge in [0.15, 0.2) is 0 Å². The van der Waals surface area contributed by atoms with Gasteiger partial charge in [-0.2, -0.15) is 0 Å². The minimum atomic E-state index is -0.109. The average Bonchev–Trinajstić information content (AvgIpc) is 3.24. The molecule has 0 bridgehead atoms. The number of hydrogen-bond acceptors (Lipinski definition) is 4. The molecule has 2 heterocycles. The predicted molar refractivity (Wildman–Crippen MR) is 90.2 cm³/mol. The summed E-state index contributed by atoms with van der Waals surface area (Å²) in [5.41, 5.74) is 0.772. The molecule has 0 radical (unpaired) electrons. The summed E-state index contributed by atoms with van der Waals surface area (Å²) < 4.78 is 10.8. The van der Waals surface area contributed by atoms with E-state index in [1.807, 2.05) is 4.90 Å². The second-order valence-electron chi connectivity index (χ2n) is 5.76. The Morgan fingerprint density at radius 2 is 2.29 bits per heavy atom. The lowest BCUT2D eigenvalue weighted by molar-refractivity contribution is -0.131. The molecule has 1 N–H and O–H groups in total. The first-order valence-corrected chi connectivity index (χ1v) is 8.14. The SMILES string of the molecule is COc1ccc(Cl)cc1CC(=O)N1C[C@H](OC)CC1c1ncc[nH]1. The van der Waals surface area contributed by atoms with Crippen LogP contribution in [0, 0.1) is 0 Å². The summed E-state index contributed by atoms with van der Waals surface area (Å²) in [5.74, 6) is 1.43. The van der Waals surface area contributed by atoms with Crippen LogP contribution in [0.1, 0.15) is 23.9 Å². The molecule has 24 heavy (non-hydrogen) atoms. The molecule has 1 aromatic heterocycles. The highest BCUT2D eigenvalue weighted by Crippen LogP contribution is 2.33. The number of amides is 1. The van der Waals surface area contributed by atoms with E-state index in [0.717, 1.165) is 17.8 Å². The van der Waals surface area contributed by atoms with Crippen molar-refractivity contribution in [2.24, 2.45) is 0 Å². The molecule has 128 valence electrons. The predicted octanol–water partition coefficient (Wildman–Crippen LogP) is 2.60. The topological polar surface area (TPSA) is 67.4 Å². The zero-order chi connectivity index (χ0) is 17.1. The van der Waals surface area contributed by atoms with Crippen LogP contribution in [0.5, 0.6) is 5.75 Å². The van der Waals surface area contributed by atoms with Gasteiger partial charge in [-0.3, -0.25) is 4.79 Å². The van der Waals surface area contributed by atoms with Crippen molar-refractivity contribution in [2.45, 2.75) is 25.0 Å². The van der Waals surface area contributed by atoms with Crippen LogP contribution in [0.3, 0.4) is 0 Å². The van der Waals surface area contributed by atoms with E-state index in [2.05, 4.69) is 9.97 Å². The van der Waals surface area contributed by atoms with Gasteiger partial charge in [-0.15, -0.1) is 0 Å². The number of halogens is 1. The van der Waals surface area contributed by atoms with Gasteiger partial charge in [0.1, 0.15) is 11.6 Å². The number of carbonyl (C=O) groups excluding carboxylic acids is 1. The fourth-order valence-corrected chi connectivity index (χ4v) is 3.31. The van der Waals surface area contributed by atoms with E-state index in [9.17, 15) is 4.79 Å². The first kappa shape index (κ1) is 16.8. The second kappa shape index (κ2) is 7.23. The molecule has 2 aromatic rings. The number of ether oxygens (including phenoxy) is 2. The first-order chi connectivity index (χ1) is 11.6. The molecule has 1 unspecified atom stereocenters. The lowest BCUT2D eigenvalue weighted by Crippen LogP contribution is -2.33. The summed E-state index contributed by atoms with van der Waals surface area (Å²) in [6.07, 6.45) is 4.40. The highest BCUT2D eigenvalue weighted by atomic mass is 35.5. The molecule has 2 atom stereocenters. The van der Waals surface area contributed by atoms with Gasteiger partial charge < -0.3 is 19.4 Å². The summed E-state index contributed by atoms with van der Waals surface area (Å²) in [5, 5.41) is 0.581. The molecule has 3 rings (SSSR count). The molecule has 7 heteroatoms. The average molecular weight is 350 g/mol. The third kappa shape index (κ3) is 3.39. The lowest BCUT2D eigenvalue weighted by Gasteiger charge is -2.23. The summed E-state index contributed by atoms with van der Waals surface area (Å²) in [7, 11) is 3.25. The Kier molecular flexibility index (Phi) is 5.06. The summed E-state index contributed by atoms with van der Waals surface area (Å²) >= 11 is 6.06. The molecular weight excluding hydrogens is 330 g/mol. The summed E-state index contributed by atoms with van der Waals surface area (Å²) in [4.78, 5) is 22.1. The number of imidazole rings is 1. The van der Waals surface area contributed by atoms with Crippen molar-refractivity contribution >= 4 is 17.5 Å². The van der Waals surface area contributed by atoms with Crippen LogP contribution in [0.2, 0.25) is 5.02 Å². The van der Waals surface area contributed by atoms with E-state index in [4.69, 9.17) is 21.1 Å². The van der Waals surface area contributed by atoms with Crippen molar-refractivity contribution in [2.75, 3.05) is 20.8 Å². The number of nitrogens with zero attached hydrogens (tertiary/aromatic N) is 2. The third-order valence-electron chi connectivity index (χ3n) is 4.34. The fraction of sp³-hybridized carbons (Fsp3) is 0.412. The molecule has 0 spiro atoms. The number of hydrogen-bond donors (Lipinski definition) is 1. The Labute approximate surface area is 145 Å². The fourth-order valence-electron chi connectivity index (χ4n) is 3.11. The molecule has 6 nitrogen and oxygen atoms in total.